The van der Waals surface area contributed by atoms with Gasteiger partial charge in [-0.3, -0.25) is 14.5 Å². The Hall–Kier alpha value is -1.59. The minimum Gasteiger partial charge on any atom is -0.550 e. The predicted molar refractivity (Wildman–Crippen MR) is 61.5 cm³/mol. The highest BCUT2D eigenvalue weighted by atomic mass is 35.5. The summed E-state index contributed by atoms with van der Waals surface area (Å²) in [4.78, 5) is 34.9. The number of nitrogens with zero attached hydrogens (tertiary/aromatic N) is 1. The molecule has 0 bridgehead atoms. The second-order valence-electron chi connectivity index (χ2n) is 3.70. The third-order valence-electron chi connectivity index (χ3n) is 2.55. The Morgan fingerprint density at radius 1 is 1.11 bits per heavy atom. The first kappa shape index (κ1) is 12.9. The first-order valence-electron chi connectivity index (χ1n) is 4.97. The minimum absolute atomic E-state index is 0.132. The number of rotatable bonds is 3. The Bertz CT molecular complexity index is 529. The Morgan fingerprint density at radius 2 is 1.56 bits per heavy atom. The molecule has 0 atom stereocenters. The molecule has 1 aromatic carbocycles. The van der Waals surface area contributed by atoms with Crippen molar-refractivity contribution in [1.82, 2.24) is 4.90 Å². The number of aliphatic carboxylic acids is 1. The van der Waals surface area contributed by atoms with Gasteiger partial charge >= 0.3 is 0 Å². The summed E-state index contributed by atoms with van der Waals surface area (Å²) in [5.74, 6) is -2.48. The number of imide groups is 1. The second-order valence-corrected chi connectivity index (χ2v) is 4.51. The lowest BCUT2D eigenvalue weighted by atomic mass is 10.1. The topological polar surface area (TPSA) is 77.5 Å². The van der Waals surface area contributed by atoms with Gasteiger partial charge < -0.3 is 9.90 Å². The fourth-order valence-corrected chi connectivity index (χ4v) is 2.02. The molecule has 0 saturated heterocycles. The van der Waals surface area contributed by atoms with Crippen LogP contribution in [0, 0.1) is 0 Å². The summed E-state index contributed by atoms with van der Waals surface area (Å²) < 4.78 is 0. The molecule has 0 saturated carbocycles. The van der Waals surface area contributed by atoms with Crippen molar-refractivity contribution in [3.8, 4) is 0 Å². The zero-order chi connectivity index (χ0) is 13.4. The summed E-state index contributed by atoms with van der Waals surface area (Å²) in [6, 6.07) is 2.61. The van der Waals surface area contributed by atoms with Gasteiger partial charge in [-0.05, 0) is 12.1 Å². The first-order valence-corrected chi connectivity index (χ1v) is 5.72. The molecule has 0 N–H and O–H groups in total. The molecular weight excluding hydrogens is 281 g/mol. The van der Waals surface area contributed by atoms with E-state index < -0.39 is 24.2 Å². The van der Waals surface area contributed by atoms with Gasteiger partial charge in [0, 0.05) is 18.9 Å². The molecule has 1 aliphatic rings. The van der Waals surface area contributed by atoms with E-state index in [1.807, 2.05) is 0 Å². The largest absolute Gasteiger partial charge is 0.550 e. The standard InChI is InChI=1S/C11H7Cl2NO4/c12-7-3-5-6(4-8(7)13)11(18)14(10(5)17)2-1-9(15)16/h3-4H,1-2H2,(H,15,16)/p-1. The van der Waals surface area contributed by atoms with Crippen LogP contribution in [-0.2, 0) is 4.79 Å². The van der Waals surface area contributed by atoms with E-state index >= 15 is 0 Å². The maximum atomic E-state index is 11.9. The quantitative estimate of drug-likeness (QED) is 0.768. The fourth-order valence-electron chi connectivity index (χ4n) is 1.69. The zero-order valence-corrected chi connectivity index (χ0v) is 10.4. The predicted octanol–water partition coefficient (Wildman–Crippen LogP) is 0.729. The van der Waals surface area contributed by atoms with Gasteiger partial charge in [-0.2, -0.15) is 0 Å². The number of hydrogen-bond donors (Lipinski definition) is 0. The van der Waals surface area contributed by atoms with E-state index in [0.29, 0.717) is 0 Å². The molecule has 5 nitrogen and oxygen atoms in total. The van der Waals surface area contributed by atoms with Crippen LogP contribution >= 0.6 is 23.2 Å². The molecule has 0 radical (unpaired) electrons. The van der Waals surface area contributed by atoms with Crippen LogP contribution in [0.5, 0.6) is 0 Å². The van der Waals surface area contributed by atoms with Gasteiger partial charge in [-0.25, -0.2) is 0 Å². The average Bonchev–Trinajstić information content (AvgIpc) is 2.51. The summed E-state index contributed by atoms with van der Waals surface area (Å²) in [6.07, 6.45) is -0.410. The van der Waals surface area contributed by atoms with Gasteiger partial charge in [-0.15, -0.1) is 0 Å². The van der Waals surface area contributed by atoms with Crippen molar-refractivity contribution in [2.75, 3.05) is 6.54 Å². The zero-order valence-electron chi connectivity index (χ0n) is 8.91. The summed E-state index contributed by atoms with van der Waals surface area (Å²) in [6.45, 7) is -0.232. The molecule has 2 rings (SSSR count). The lowest BCUT2D eigenvalue weighted by Gasteiger charge is -2.13. The van der Waals surface area contributed by atoms with Crippen LogP contribution in [0.1, 0.15) is 27.1 Å². The van der Waals surface area contributed by atoms with E-state index in [0.717, 1.165) is 4.90 Å². The van der Waals surface area contributed by atoms with Gasteiger partial charge in [0.2, 0.25) is 0 Å². The highest BCUT2D eigenvalue weighted by molar-refractivity contribution is 6.43. The number of halogens is 2. The molecule has 0 aliphatic carbocycles. The number of carboxylic acids is 1. The van der Waals surface area contributed by atoms with E-state index in [-0.39, 0.29) is 27.7 Å². The maximum Gasteiger partial charge on any atom is 0.261 e. The van der Waals surface area contributed by atoms with Crippen molar-refractivity contribution in [3.63, 3.8) is 0 Å². The number of amides is 2. The molecule has 0 fully saturated rings. The van der Waals surface area contributed by atoms with Crippen LogP contribution < -0.4 is 5.11 Å². The molecule has 1 aromatic rings. The van der Waals surface area contributed by atoms with E-state index in [9.17, 15) is 19.5 Å². The van der Waals surface area contributed by atoms with E-state index in [1.165, 1.54) is 12.1 Å². The van der Waals surface area contributed by atoms with Crippen LogP contribution in [0.2, 0.25) is 10.0 Å². The molecule has 7 heteroatoms. The van der Waals surface area contributed by atoms with E-state index in [2.05, 4.69) is 0 Å². The number of hydrogen-bond acceptors (Lipinski definition) is 4. The minimum atomic E-state index is -1.33. The number of benzene rings is 1. The third-order valence-corrected chi connectivity index (χ3v) is 3.27. The maximum absolute atomic E-state index is 11.9. The van der Waals surface area contributed by atoms with Crippen molar-refractivity contribution in [3.05, 3.63) is 33.3 Å². The highest BCUT2D eigenvalue weighted by Crippen LogP contribution is 2.31. The summed E-state index contributed by atoms with van der Waals surface area (Å²) in [5.41, 5.74) is 0.264. The molecule has 2 amide bonds. The van der Waals surface area contributed by atoms with E-state index in [4.69, 9.17) is 23.2 Å². The number of carbonyl (C=O) groups excluding carboxylic acids is 3. The number of carboxylic acid groups (broad SMARTS) is 1. The van der Waals surface area contributed by atoms with Crippen molar-refractivity contribution in [2.45, 2.75) is 6.42 Å². The van der Waals surface area contributed by atoms with Crippen molar-refractivity contribution >= 4 is 41.0 Å². The second kappa shape index (κ2) is 4.59. The van der Waals surface area contributed by atoms with Crippen molar-refractivity contribution in [1.29, 1.82) is 0 Å². The number of carbonyl (C=O) groups is 3. The van der Waals surface area contributed by atoms with E-state index in [1.54, 1.807) is 0 Å². The normalized spacial score (nSPS) is 14.0. The molecule has 18 heavy (non-hydrogen) atoms. The molecule has 0 unspecified atom stereocenters. The van der Waals surface area contributed by atoms with Crippen LogP contribution in [0.25, 0.3) is 0 Å². The van der Waals surface area contributed by atoms with Crippen molar-refractivity contribution in [2.24, 2.45) is 0 Å². The fraction of sp³-hybridized carbons (Fsp3) is 0.182. The van der Waals surface area contributed by atoms with Crippen LogP contribution in [0.4, 0.5) is 0 Å². The highest BCUT2D eigenvalue weighted by Gasteiger charge is 2.35. The molecule has 1 aliphatic heterocycles. The SMILES string of the molecule is O=C([O-])CCN1C(=O)c2cc(Cl)c(Cl)cc2C1=O. The Labute approximate surface area is 112 Å². The number of fused-ring (bicyclic) bond motifs is 1. The first-order chi connectivity index (χ1) is 8.41. The summed E-state index contributed by atoms with van der Waals surface area (Å²) in [7, 11) is 0. The van der Waals surface area contributed by atoms with Crippen LogP contribution in [-0.4, -0.2) is 29.2 Å². The smallest absolute Gasteiger partial charge is 0.261 e. The molecular formula is C11H6Cl2NO4-. The average molecular weight is 287 g/mol. The molecule has 94 valence electrons. The monoisotopic (exact) mass is 286 g/mol. The van der Waals surface area contributed by atoms with Gasteiger partial charge in [-0.1, -0.05) is 23.2 Å². The molecule has 0 spiro atoms. The van der Waals surface area contributed by atoms with Crippen molar-refractivity contribution < 1.29 is 19.5 Å². The van der Waals surface area contributed by atoms with Gasteiger partial charge in [0.1, 0.15) is 0 Å². The summed E-state index contributed by atoms with van der Waals surface area (Å²) in [5, 5.41) is 10.7. The Morgan fingerprint density at radius 3 is 1.94 bits per heavy atom. The van der Waals surface area contributed by atoms with Crippen LogP contribution in [0.3, 0.4) is 0 Å². The Kier molecular flexibility index (Phi) is 3.28. The molecule has 1 heterocycles. The Balaban J connectivity index is 2.35. The lowest BCUT2D eigenvalue weighted by molar-refractivity contribution is -0.305. The van der Waals surface area contributed by atoms with Gasteiger partial charge in [0.15, 0.2) is 0 Å². The summed E-state index contributed by atoms with van der Waals surface area (Å²) >= 11 is 11.5. The third kappa shape index (κ3) is 2.07. The van der Waals surface area contributed by atoms with Gasteiger partial charge in [0.25, 0.3) is 11.8 Å². The lowest BCUT2D eigenvalue weighted by Crippen LogP contribution is -2.34. The molecule has 0 aromatic heterocycles. The van der Waals surface area contributed by atoms with Gasteiger partial charge in [0.05, 0.1) is 21.2 Å². The van der Waals surface area contributed by atoms with Crippen LogP contribution in [0.15, 0.2) is 12.1 Å².